The monoisotopic (exact) mass is 236 g/mol. The van der Waals surface area contributed by atoms with Crippen molar-refractivity contribution in [3.63, 3.8) is 0 Å². The Morgan fingerprint density at radius 1 is 1.44 bits per heavy atom. The van der Waals surface area contributed by atoms with Gasteiger partial charge in [-0.2, -0.15) is 0 Å². The van der Waals surface area contributed by atoms with Crippen molar-refractivity contribution in [2.24, 2.45) is 0 Å². The standard InChI is InChI=1S/C11H16N4S/c1-11(2,3)8-6-15-10(13-8)16-9(14-15)12-7-4-5-7/h6-7H,4-5H2,1-3H3,(H,12,14). The highest BCUT2D eigenvalue weighted by molar-refractivity contribution is 7.20. The number of nitrogens with one attached hydrogen (secondary N) is 1. The van der Waals surface area contributed by atoms with Gasteiger partial charge in [0.1, 0.15) is 0 Å². The number of anilines is 1. The van der Waals surface area contributed by atoms with Crippen molar-refractivity contribution in [3.8, 4) is 0 Å². The molecule has 4 nitrogen and oxygen atoms in total. The van der Waals surface area contributed by atoms with E-state index >= 15 is 0 Å². The Bertz CT molecular complexity index is 484. The van der Waals surface area contributed by atoms with E-state index in [-0.39, 0.29) is 5.41 Å². The highest BCUT2D eigenvalue weighted by Gasteiger charge is 2.23. The van der Waals surface area contributed by atoms with Gasteiger partial charge in [-0.25, -0.2) is 9.50 Å². The molecule has 1 N–H and O–H groups in total. The van der Waals surface area contributed by atoms with Crippen LogP contribution in [-0.4, -0.2) is 20.6 Å². The van der Waals surface area contributed by atoms with Crippen LogP contribution in [0.5, 0.6) is 0 Å². The zero-order valence-corrected chi connectivity index (χ0v) is 10.6. The van der Waals surface area contributed by atoms with Crippen LogP contribution in [0.25, 0.3) is 4.96 Å². The molecule has 0 radical (unpaired) electrons. The second-order valence-corrected chi connectivity index (χ2v) is 6.39. The van der Waals surface area contributed by atoms with E-state index in [0.29, 0.717) is 6.04 Å². The van der Waals surface area contributed by atoms with E-state index in [1.165, 1.54) is 12.8 Å². The van der Waals surface area contributed by atoms with Crippen LogP contribution in [0.2, 0.25) is 0 Å². The fourth-order valence-corrected chi connectivity index (χ4v) is 2.38. The Kier molecular flexibility index (Phi) is 2.01. The summed E-state index contributed by atoms with van der Waals surface area (Å²) in [5.74, 6) is 0. The van der Waals surface area contributed by atoms with Crippen molar-refractivity contribution < 1.29 is 0 Å². The third kappa shape index (κ3) is 1.80. The Morgan fingerprint density at radius 2 is 2.19 bits per heavy atom. The summed E-state index contributed by atoms with van der Waals surface area (Å²) in [7, 11) is 0. The number of fused-ring (bicyclic) bond motifs is 1. The number of nitrogens with zero attached hydrogens (tertiary/aromatic N) is 3. The number of rotatable bonds is 2. The Balaban J connectivity index is 1.92. The first kappa shape index (κ1) is 10.1. The summed E-state index contributed by atoms with van der Waals surface area (Å²) in [6.07, 6.45) is 4.58. The van der Waals surface area contributed by atoms with Crippen LogP contribution in [0.1, 0.15) is 39.3 Å². The molecule has 1 saturated carbocycles. The minimum atomic E-state index is 0.0947. The van der Waals surface area contributed by atoms with Gasteiger partial charge < -0.3 is 5.32 Å². The molecule has 1 aliphatic carbocycles. The molecule has 0 saturated heterocycles. The summed E-state index contributed by atoms with van der Waals surface area (Å²) >= 11 is 1.63. The Hall–Kier alpha value is -1.10. The van der Waals surface area contributed by atoms with Crippen LogP contribution in [-0.2, 0) is 5.41 Å². The summed E-state index contributed by atoms with van der Waals surface area (Å²) < 4.78 is 1.88. The summed E-state index contributed by atoms with van der Waals surface area (Å²) in [5, 5.41) is 8.88. The second-order valence-electron chi connectivity index (χ2n) is 5.43. The highest BCUT2D eigenvalue weighted by Crippen LogP contribution is 2.29. The van der Waals surface area contributed by atoms with Crippen molar-refractivity contribution >= 4 is 21.4 Å². The molecule has 0 atom stereocenters. The van der Waals surface area contributed by atoms with E-state index in [4.69, 9.17) is 0 Å². The average Bonchev–Trinajstić information content (AvgIpc) is 2.70. The minimum absolute atomic E-state index is 0.0947. The van der Waals surface area contributed by atoms with E-state index in [0.717, 1.165) is 15.8 Å². The molecule has 16 heavy (non-hydrogen) atoms. The maximum Gasteiger partial charge on any atom is 0.214 e. The van der Waals surface area contributed by atoms with Crippen molar-refractivity contribution in [3.05, 3.63) is 11.9 Å². The lowest BCUT2D eigenvalue weighted by atomic mass is 9.93. The van der Waals surface area contributed by atoms with Gasteiger partial charge in [-0.05, 0) is 12.8 Å². The zero-order valence-electron chi connectivity index (χ0n) is 9.82. The van der Waals surface area contributed by atoms with E-state index < -0.39 is 0 Å². The fourth-order valence-electron chi connectivity index (χ4n) is 1.52. The minimum Gasteiger partial charge on any atom is -0.357 e. The second kappa shape index (κ2) is 3.20. The Morgan fingerprint density at radius 3 is 2.75 bits per heavy atom. The predicted octanol–water partition coefficient (Wildman–Crippen LogP) is 2.66. The van der Waals surface area contributed by atoms with Crippen LogP contribution < -0.4 is 5.32 Å². The van der Waals surface area contributed by atoms with E-state index in [1.54, 1.807) is 11.3 Å². The molecule has 0 bridgehead atoms. The van der Waals surface area contributed by atoms with E-state index in [2.05, 4.69) is 36.2 Å². The molecular formula is C11H16N4S. The van der Waals surface area contributed by atoms with Gasteiger partial charge in [-0.3, -0.25) is 0 Å². The first-order valence-electron chi connectivity index (χ1n) is 5.65. The molecular weight excluding hydrogens is 220 g/mol. The molecule has 1 fully saturated rings. The Labute approximate surface area is 98.7 Å². The molecule has 0 spiro atoms. The lowest BCUT2D eigenvalue weighted by Gasteiger charge is -2.13. The van der Waals surface area contributed by atoms with Crippen molar-refractivity contribution in [1.82, 2.24) is 14.6 Å². The number of hydrogen-bond donors (Lipinski definition) is 1. The zero-order chi connectivity index (χ0) is 11.3. The van der Waals surface area contributed by atoms with Gasteiger partial charge in [0.05, 0.1) is 11.9 Å². The predicted molar refractivity (Wildman–Crippen MR) is 66.2 cm³/mol. The molecule has 0 amide bonds. The first-order valence-corrected chi connectivity index (χ1v) is 6.47. The number of imidazole rings is 1. The maximum absolute atomic E-state index is 4.61. The topological polar surface area (TPSA) is 42.2 Å². The molecule has 0 aliphatic heterocycles. The normalized spacial score (nSPS) is 16.9. The molecule has 1 aliphatic rings. The lowest BCUT2D eigenvalue weighted by Crippen LogP contribution is -2.11. The SMILES string of the molecule is CC(C)(C)c1cn2nc(NC3CC3)sc2n1. The van der Waals surface area contributed by atoms with Gasteiger partial charge in [0.15, 0.2) is 0 Å². The number of aromatic nitrogens is 3. The van der Waals surface area contributed by atoms with Crippen LogP contribution in [0.3, 0.4) is 0 Å². The molecule has 2 heterocycles. The van der Waals surface area contributed by atoms with Gasteiger partial charge >= 0.3 is 0 Å². The molecule has 0 aromatic carbocycles. The largest absolute Gasteiger partial charge is 0.357 e. The van der Waals surface area contributed by atoms with Gasteiger partial charge in [0.25, 0.3) is 0 Å². The van der Waals surface area contributed by atoms with Crippen LogP contribution in [0.4, 0.5) is 5.13 Å². The van der Waals surface area contributed by atoms with Crippen molar-refractivity contribution in [1.29, 1.82) is 0 Å². The third-order valence-corrected chi connectivity index (χ3v) is 3.57. The summed E-state index contributed by atoms with van der Waals surface area (Å²) in [6.45, 7) is 6.51. The van der Waals surface area contributed by atoms with Gasteiger partial charge in [0.2, 0.25) is 10.1 Å². The molecule has 3 rings (SSSR count). The van der Waals surface area contributed by atoms with Crippen molar-refractivity contribution in [2.75, 3.05) is 5.32 Å². The smallest absolute Gasteiger partial charge is 0.214 e. The van der Waals surface area contributed by atoms with Gasteiger partial charge in [-0.15, -0.1) is 5.10 Å². The highest BCUT2D eigenvalue weighted by atomic mass is 32.1. The average molecular weight is 236 g/mol. The third-order valence-electron chi connectivity index (χ3n) is 2.72. The summed E-state index contributed by atoms with van der Waals surface area (Å²) in [6, 6.07) is 0.651. The number of hydrogen-bond acceptors (Lipinski definition) is 4. The lowest BCUT2D eigenvalue weighted by molar-refractivity contribution is 0.572. The molecule has 2 aromatic rings. The quantitative estimate of drug-likeness (QED) is 0.871. The molecule has 2 aromatic heterocycles. The fraction of sp³-hybridized carbons (Fsp3) is 0.636. The first-order chi connectivity index (χ1) is 7.52. The van der Waals surface area contributed by atoms with Gasteiger partial charge in [0, 0.05) is 11.5 Å². The molecule has 0 unspecified atom stereocenters. The van der Waals surface area contributed by atoms with Gasteiger partial charge in [-0.1, -0.05) is 32.1 Å². The van der Waals surface area contributed by atoms with E-state index in [1.807, 2.05) is 10.7 Å². The van der Waals surface area contributed by atoms with Crippen LogP contribution in [0.15, 0.2) is 6.20 Å². The molecule has 5 heteroatoms. The van der Waals surface area contributed by atoms with Crippen LogP contribution >= 0.6 is 11.3 Å². The summed E-state index contributed by atoms with van der Waals surface area (Å²) in [5.41, 5.74) is 1.20. The molecule has 86 valence electrons. The van der Waals surface area contributed by atoms with E-state index in [9.17, 15) is 0 Å². The summed E-state index contributed by atoms with van der Waals surface area (Å²) in [4.78, 5) is 5.59. The van der Waals surface area contributed by atoms with Crippen molar-refractivity contribution in [2.45, 2.75) is 45.1 Å². The maximum atomic E-state index is 4.61. The van der Waals surface area contributed by atoms with Crippen LogP contribution in [0, 0.1) is 0 Å².